The Bertz CT molecular complexity index is 1790. The molecule has 0 fully saturated rings. The van der Waals surface area contributed by atoms with Gasteiger partial charge in [-0.25, -0.2) is 9.59 Å². The number of hydrogen-bond acceptors (Lipinski definition) is 11. The number of esters is 2. The van der Waals surface area contributed by atoms with Crippen LogP contribution >= 0.6 is 0 Å². The Hall–Kier alpha value is -5.82. The number of rotatable bonds is 18. The summed E-state index contributed by atoms with van der Waals surface area (Å²) in [6.45, 7) is 5.02. The lowest BCUT2D eigenvalue weighted by Crippen LogP contribution is -2.10. The molecule has 1 aliphatic rings. The minimum Gasteiger partial charge on any atom is -0.494 e. The van der Waals surface area contributed by atoms with Crippen molar-refractivity contribution in [2.75, 3.05) is 13.2 Å². The van der Waals surface area contributed by atoms with E-state index < -0.39 is 33.2 Å². The summed E-state index contributed by atoms with van der Waals surface area (Å²) in [6.07, 6.45) is 8.49. The molecule has 0 N–H and O–H groups in total. The topological polar surface area (TPSA) is 167 Å². The highest BCUT2D eigenvalue weighted by molar-refractivity contribution is 5.93. The summed E-state index contributed by atoms with van der Waals surface area (Å²) < 4.78 is 28.3. The molecule has 53 heavy (non-hydrogen) atoms. The van der Waals surface area contributed by atoms with Crippen LogP contribution in [0.3, 0.4) is 0 Å². The van der Waals surface area contributed by atoms with Crippen molar-refractivity contribution >= 4 is 23.3 Å². The molecule has 0 aromatic heterocycles. The average molecular weight is 727 g/mol. The van der Waals surface area contributed by atoms with E-state index in [2.05, 4.69) is 13.8 Å². The van der Waals surface area contributed by atoms with E-state index in [0.29, 0.717) is 24.7 Å². The number of nitro groups is 2. The molecule has 13 heteroatoms. The molecule has 1 heterocycles. The maximum atomic E-state index is 13.0. The molecule has 0 saturated heterocycles. The SMILES string of the molecule is CCCCCCOc1ccc(C(=O)Oc2cc3c(c([N+](=O)[O-])c2)-c2c(cc(OC(=O)c4ccc(OCCCCCC)cc4)cc2[N+](=O)[O-])COC3)cc1. The molecule has 1 aliphatic heterocycles. The van der Waals surface area contributed by atoms with Crippen LogP contribution in [0.2, 0.25) is 0 Å². The lowest BCUT2D eigenvalue weighted by molar-refractivity contribution is -0.386. The number of carbonyl (C=O) groups excluding carboxylic acids is 2. The second-order valence-corrected chi connectivity index (χ2v) is 12.6. The Balaban J connectivity index is 1.35. The number of nitrogens with zero attached hydrogens (tertiary/aromatic N) is 2. The van der Waals surface area contributed by atoms with E-state index in [0.717, 1.165) is 63.5 Å². The molecule has 0 amide bonds. The zero-order chi connectivity index (χ0) is 37.7. The number of nitro benzene ring substituents is 2. The first-order valence-corrected chi connectivity index (χ1v) is 17.8. The summed E-state index contributed by atoms with van der Waals surface area (Å²) in [5.74, 6) is -0.589. The Kier molecular flexibility index (Phi) is 13.5. The van der Waals surface area contributed by atoms with E-state index in [1.807, 2.05) is 0 Å². The molecule has 4 aromatic carbocycles. The van der Waals surface area contributed by atoms with Gasteiger partial charge in [0.05, 0.1) is 70.7 Å². The second kappa shape index (κ2) is 18.6. The van der Waals surface area contributed by atoms with Gasteiger partial charge >= 0.3 is 11.9 Å². The van der Waals surface area contributed by atoms with Crippen molar-refractivity contribution in [2.45, 2.75) is 78.4 Å². The van der Waals surface area contributed by atoms with Gasteiger partial charge in [-0.1, -0.05) is 52.4 Å². The predicted molar refractivity (Wildman–Crippen MR) is 196 cm³/mol. The van der Waals surface area contributed by atoms with Crippen LogP contribution in [0.25, 0.3) is 11.1 Å². The number of carbonyl (C=O) groups is 2. The van der Waals surface area contributed by atoms with Gasteiger partial charge in [0.1, 0.15) is 23.0 Å². The fourth-order valence-corrected chi connectivity index (χ4v) is 5.94. The lowest BCUT2D eigenvalue weighted by atomic mass is 9.93. The Morgan fingerprint density at radius 1 is 0.585 bits per heavy atom. The van der Waals surface area contributed by atoms with E-state index in [4.69, 9.17) is 23.7 Å². The van der Waals surface area contributed by atoms with Crippen LogP contribution in [0.15, 0.2) is 72.8 Å². The number of benzene rings is 4. The smallest absolute Gasteiger partial charge is 0.343 e. The first kappa shape index (κ1) is 38.4. The third-order valence-electron chi connectivity index (χ3n) is 8.64. The van der Waals surface area contributed by atoms with Crippen LogP contribution in [0.4, 0.5) is 11.4 Å². The van der Waals surface area contributed by atoms with E-state index >= 15 is 0 Å². The zero-order valence-electron chi connectivity index (χ0n) is 29.8. The minimum atomic E-state index is -0.759. The summed E-state index contributed by atoms with van der Waals surface area (Å²) in [4.78, 5) is 49.5. The minimum absolute atomic E-state index is 0.0578. The van der Waals surface area contributed by atoms with E-state index in [1.165, 1.54) is 36.4 Å². The molecule has 278 valence electrons. The highest BCUT2D eigenvalue weighted by atomic mass is 16.6. The van der Waals surface area contributed by atoms with E-state index in [1.54, 1.807) is 24.3 Å². The maximum absolute atomic E-state index is 13.0. The largest absolute Gasteiger partial charge is 0.494 e. The van der Waals surface area contributed by atoms with Gasteiger partial charge in [-0.2, -0.15) is 0 Å². The summed E-state index contributed by atoms with van der Waals surface area (Å²) >= 11 is 0. The van der Waals surface area contributed by atoms with Crippen LogP contribution in [0.1, 0.15) is 97.1 Å². The fraction of sp³-hybridized carbons (Fsp3) is 0.350. The molecular formula is C40H42N2O11. The van der Waals surface area contributed by atoms with Crippen LogP contribution < -0.4 is 18.9 Å². The van der Waals surface area contributed by atoms with Crippen LogP contribution in [0.5, 0.6) is 23.0 Å². The van der Waals surface area contributed by atoms with Crippen molar-refractivity contribution in [3.8, 4) is 34.1 Å². The van der Waals surface area contributed by atoms with Crippen molar-refractivity contribution in [3.05, 3.63) is 115 Å². The normalized spacial score (nSPS) is 11.8. The van der Waals surface area contributed by atoms with Crippen LogP contribution in [-0.4, -0.2) is 35.0 Å². The summed E-state index contributed by atoms with van der Waals surface area (Å²) in [6, 6.07) is 17.6. The molecule has 0 radical (unpaired) electrons. The van der Waals surface area contributed by atoms with Gasteiger partial charge in [-0.05, 0) is 84.6 Å². The van der Waals surface area contributed by atoms with Gasteiger partial charge < -0.3 is 23.7 Å². The Labute approximate surface area is 307 Å². The third kappa shape index (κ3) is 10.2. The van der Waals surface area contributed by atoms with Gasteiger partial charge in [-0.3, -0.25) is 20.2 Å². The molecule has 0 saturated carbocycles. The standard InChI is InChI=1S/C40H42N2O11/c1-3-5-7-9-19-50-31-15-11-27(12-16-31)39(43)52-33-21-29-25-49-26-30-22-34(24-36(42(47)48)38(30)37(29)35(23-33)41(45)46)53-40(44)28-13-17-32(18-14-28)51-20-10-8-6-4-2/h11-18,21-24H,3-10,19-20,25-26H2,1-2H3. The molecule has 0 atom stereocenters. The van der Waals surface area contributed by atoms with Crippen molar-refractivity contribution in [1.82, 2.24) is 0 Å². The van der Waals surface area contributed by atoms with Crippen molar-refractivity contribution < 1.29 is 43.1 Å². The Morgan fingerprint density at radius 3 is 1.34 bits per heavy atom. The van der Waals surface area contributed by atoms with Gasteiger partial charge in [0, 0.05) is 0 Å². The van der Waals surface area contributed by atoms with Crippen molar-refractivity contribution in [2.24, 2.45) is 0 Å². The first-order chi connectivity index (χ1) is 25.7. The highest BCUT2D eigenvalue weighted by Gasteiger charge is 2.33. The van der Waals surface area contributed by atoms with Gasteiger partial charge in [-0.15, -0.1) is 0 Å². The molecule has 5 rings (SSSR count). The molecule has 0 bridgehead atoms. The summed E-state index contributed by atoms with van der Waals surface area (Å²) in [5.41, 5.74) is -0.366. The number of fused-ring (bicyclic) bond motifs is 3. The third-order valence-corrected chi connectivity index (χ3v) is 8.64. The molecular weight excluding hydrogens is 684 g/mol. The maximum Gasteiger partial charge on any atom is 0.343 e. The summed E-state index contributed by atoms with van der Waals surface area (Å²) in [5, 5.41) is 24.8. The van der Waals surface area contributed by atoms with Gasteiger partial charge in [0.15, 0.2) is 0 Å². The number of ether oxygens (including phenoxy) is 5. The Morgan fingerprint density at radius 2 is 0.981 bits per heavy atom. The molecule has 0 spiro atoms. The quantitative estimate of drug-likeness (QED) is 0.0315. The summed E-state index contributed by atoms with van der Waals surface area (Å²) in [7, 11) is 0. The molecule has 13 nitrogen and oxygen atoms in total. The molecule has 0 unspecified atom stereocenters. The lowest BCUT2D eigenvalue weighted by Gasteiger charge is -2.14. The van der Waals surface area contributed by atoms with Crippen molar-refractivity contribution in [1.29, 1.82) is 0 Å². The van der Waals surface area contributed by atoms with Crippen LogP contribution in [0, 0.1) is 20.2 Å². The number of unbranched alkanes of at least 4 members (excludes halogenated alkanes) is 6. The van der Waals surface area contributed by atoms with E-state index in [-0.39, 0.29) is 58.1 Å². The monoisotopic (exact) mass is 726 g/mol. The fourth-order valence-electron chi connectivity index (χ4n) is 5.94. The van der Waals surface area contributed by atoms with Gasteiger partial charge in [0.2, 0.25) is 0 Å². The van der Waals surface area contributed by atoms with Gasteiger partial charge in [0.25, 0.3) is 11.4 Å². The molecule has 4 aromatic rings. The second-order valence-electron chi connectivity index (χ2n) is 12.6. The zero-order valence-corrected chi connectivity index (χ0v) is 29.8. The van der Waals surface area contributed by atoms with Crippen LogP contribution in [-0.2, 0) is 18.0 Å². The predicted octanol–water partition coefficient (Wildman–Crippen LogP) is 9.56. The van der Waals surface area contributed by atoms with E-state index in [9.17, 15) is 29.8 Å². The average Bonchev–Trinajstić information content (AvgIpc) is 3.33. The first-order valence-electron chi connectivity index (χ1n) is 17.8. The highest BCUT2D eigenvalue weighted by Crippen LogP contribution is 2.46. The number of hydrogen-bond donors (Lipinski definition) is 0. The van der Waals surface area contributed by atoms with Crippen molar-refractivity contribution in [3.63, 3.8) is 0 Å². The molecule has 0 aliphatic carbocycles.